The standard InChI is InChI=1S/4C12F9.Ga/c4*13-3-1-2(5(14)9(18)6(3)15)4-7(16)10(19)12(21)11(20)8(4)17;/q;;;;-1. The van der Waals surface area contributed by atoms with Crippen LogP contribution in [0.2, 0.25) is 0 Å². The summed E-state index contributed by atoms with van der Waals surface area (Å²) < 4.78 is 564. The molecule has 0 aromatic heterocycles. The van der Waals surface area contributed by atoms with E-state index in [1.165, 1.54) is 0 Å². The molecule has 8 aromatic rings. The van der Waals surface area contributed by atoms with Crippen LogP contribution in [0.4, 0.5) is 158 Å². The van der Waals surface area contributed by atoms with Crippen LogP contribution in [-0.4, -0.2) is 15.0 Å². The van der Waals surface area contributed by atoms with Crippen molar-refractivity contribution < 1.29 is 158 Å². The zero-order valence-electron chi connectivity index (χ0n) is 38.2. The first kappa shape index (κ1) is 62.9. The second-order valence-corrected chi connectivity index (χ2v) is 25.3. The number of hydrogen-bond acceptors (Lipinski definition) is 0. The van der Waals surface area contributed by atoms with E-state index in [0.717, 1.165) is 0 Å². The second-order valence-electron chi connectivity index (χ2n) is 16.8. The zero-order valence-corrected chi connectivity index (χ0v) is 40.6. The Balaban J connectivity index is 2.08. The summed E-state index contributed by atoms with van der Waals surface area (Å²) in [4.78, 5) is 0. The van der Waals surface area contributed by atoms with Gasteiger partial charge in [0, 0.05) is 0 Å². The molecule has 0 amide bonds. The molecule has 448 valence electrons. The van der Waals surface area contributed by atoms with Crippen molar-refractivity contribution in [3.8, 4) is 44.5 Å². The Kier molecular flexibility index (Phi) is 15.6. The molecule has 0 heterocycles. The predicted molar refractivity (Wildman–Crippen MR) is 210 cm³/mol. The number of rotatable bonds is 8. The first-order chi connectivity index (χ1) is 39.3. The summed E-state index contributed by atoms with van der Waals surface area (Å²) in [7, 11) is 0. The van der Waals surface area contributed by atoms with Gasteiger partial charge in [0.25, 0.3) is 0 Å². The van der Waals surface area contributed by atoms with Crippen LogP contribution in [0.1, 0.15) is 0 Å². The molecule has 0 nitrogen and oxygen atoms in total. The summed E-state index contributed by atoms with van der Waals surface area (Å²) in [5.41, 5.74) is -33.1. The van der Waals surface area contributed by atoms with E-state index in [1.807, 2.05) is 0 Å². The summed E-state index contributed by atoms with van der Waals surface area (Å²) in [6, 6.07) is 0. The van der Waals surface area contributed by atoms with Gasteiger partial charge in [-0.1, -0.05) is 0 Å². The molecule has 0 N–H and O–H groups in total. The van der Waals surface area contributed by atoms with Gasteiger partial charge < -0.3 is 0 Å². The van der Waals surface area contributed by atoms with Crippen LogP contribution < -0.4 is 16.5 Å². The minimum atomic E-state index is -12.3. The maximum atomic E-state index is 18.0. The van der Waals surface area contributed by atoms with Crippen LogP contribution in [0, 0.1) is 209 Å². The topological polar surface area (TPSA) is 0 Å². The summed E-state index contributed by atoms with van der Waals surface area (Å²) in [5.74, 6) is -150. The van der Waals surface area contributed by atoms with Crippen molar-refractivity contribution in [3.05, 3.63) is 209 Å². The SMILES string of the molecule is Fc1c(F)c(F)c(-c2c(F)c(F)c(F)c(F)[c]2[Ga-]([c]2c(F)c(F)c(F)c(F)c2-c2c(F)c(F)c(F)c(F)c2F)([c]2c(F)c(F)c(F)c(F)c2-c2c(F)c(F)c(F)c(F)c2F)[c]2c(F)c(F)c(F)c(F)c2-c2c(F)c(F)c(F)c(F)c2F)c(F)c1F. The van der Waals surface area contributed by atoms with Crippen molar-refractivity contribution in [2.75, 3.05) is 0 Å². The van der Waals surface area contributed by atoms with Crippen molar-refractivity contribution >= 4 is 31.5 Å². The van der Waals surface area contributed by atoms with Crippen LogP contribution in [0.3, 0.4) is 0 Å². The Bertz CT molecular complexity index is 3710. The predicted octanol–water partition coefficient (Wildman–Crippen LogP) is 14.7. The molecule has 0 saturated carbocycles. The van der Waals surface area contributed by atoms with Crippen LogP contribution in [0.15, 0.2) is 0 Å². The number of benzene rings is 8. The molecule has 0 radical (unpaired) electrons. The Morgan fingerprint density at radius 3 is 0.294 bits per heavy atom. The average Bonchev–Trinajstić information content (AvgIpc) is 1.07. The van der Waals surface area contributed by atoms with Gasteiger partial charge in [-0.15, -0.1) is 0 Å². The summed E-state index contributed by atoms with van der Waals surface area (Å²) >= 11 is -12.3. The van der Waals surface area contributed by atoms with Gasteiger partial charge in [0.05, 0.1) is 0 Å². The first-order valence-corrected chi connectivity index (χ1v) is 25.8. The van der Waals surface area contributed by atoms with Crippen LogP contribution >= 0.6 is 0 Å². The second kappa shape index (κ2) is 21.1. The fourth-order valence-electron chi connectivity index (χ4n) is 9.36. The van der Waals surface area contributed by atoms with Gasteiger partial charge in [-0.05, 0) is 0 Å². The molecule has 0 bridgehead atoms. The quantitative estimate of drug-likeness (QED) is 0.0616. The number of halogens is 36. The van der Waals surface area contributed by atoms with E-state index in [0.29, 0.717) is 0 Å². The third-order valence-electron chi connectivity index (χ3n) is 12.8. The first-order valence-electron chi connectivity index (χ1n) is 21.0. The van der Waals surface area contributed by atoms with E-state index in [4.69, 9.17) is 0 Å². The molecule has 0 aliphatic carbocycles. The van der Waals surface area contributed by atoms with E-state index in [1.54, 1.807) is 0 Å². The third kappa shape index (κ3) is 8.26. The molecular weight excluding hydrogens is 1330 g/mol. The maximum absolute atomic E-state index is 18.0. The van der Waals surface area contributed by atoms with E-state index in [-0.39, 0.29) is 0 Å². The molecule has 0 saturated heterocycles. The van der Waals surface area contributed by atoms with Gasteiger partial charge in [0.15, 0.2) is 0 Å². The molecule has 8 aromatic carbocycles. The average molecular weight is 1330 g/mol. The molecule has 0 aliphatic rings. The molecule has 85 heavy (non-hydrogen) atoms. The van der Waals surface area contributed by atoms with E-state index in [9.17, 15) is 17.6 Å². The minimum absolute atomic E-state index is 3.72. The molecule has 37 heteroatoms. The van der Waals surface area contributed by atoms with Gasteiger partial charge in [-0.3, -0.25) is 0 Å². The van der Waals surface area contributed by atoms with Crippen molar-refractivity contribution in [2.45, 2.75) is 0 Å². The van der Waals surface area contributed by atoms with Crippen molar-refractivity contribution in [3.63, 3.8) is 0 Å². The van der Waals surface area contributed by atoms with Crippen LogP contribution in [-0.2, 0) is 0 Å². The fraction of sp³-hybridized carbons (Fsp3) is 0. The Morgan fingerprint density at radius 2 is 0.176 bits per heavy atom. The third-order valence-corrected chi connectivity index (χ3v) is 24.6. The monoisotopic (exact) mass is 1330 g/mol. The van der Waals surface area contributed by atoms with E-state index < -0.39 is 285 Å². The Labute approximate surface area is 442 Å². The Hall–Kier alpha value is -8.12. The van der Waals surface area contributed by atoms with E-state index >= 15 is 140 Å². The van der Waals surface area contributed by atoms with E-state index in [2.05, 4.69) is 0 Å². The van der Waals surface area contributed by atoms with Gasteiger partial charge in [0.2, 0.25) is 0 Å². The molecule has 0 atom stereocenters. The van der Waals surface area contributed by atoms with Crippen molar-refractivity contribution in [1.29, 1.82) is 0 Å². The van der Waals surface area contributed by atoms with Gasteiger partial charge >= 0.3 is 443 Å². The molecule has 0 fully saturated rings. The van der Waals surface area contributed by atoms with Gasteiger partial charge in [-0.2, -0.15) is 0 Å². The van der Waals surface area contributed by atoms with Gasteiger partial charge in [-0.25, -0.2) is 0 Å². The summed E-state index contributed by atoms with van der Waals surface area (Å²) in [6.07, 6.45) is 0. The molecule has 0 unspecified atom stereocenters. The summed E-state index contributed by atoms with van der Waals surface area (Å²) in [6.45, 7) is 0. The zero-order chi connectivity index (χ0) is 64.2. The van der Waals surface area contributed by atoms with Crippen molar-refractivity contribution in [1.82, 2.24) is 0 Å². The Morgan fingerprint density at radius 1 is 0.0941 bits per heavy atom. The number of hydrogen-bond donors (Lipinski definition) is 0. The molecular formula is C48F36Ga-. The molecule has 8 rings (SSSR count). The van der Waals surface area contributed by atoms with Crippen LogP contribution in [0.5, 0.6) is 0 Å². The fourth-order valence-corrected chi connectivity index (χ4v) is 23.2. The van der Waals surface area contributed by atoms with Crippen LogP contribution in [0.25, 0.3) is 44.5 Å². The summed E-state index contributed by atoms with van der Waals surface area (Å²) in [5, 5.41) is 0. The van der Waals surface area contributed by atoms with Gasteiger partial charge in [0.1, 0.15) is 0 Å². The molecule has 0 spiro atoms. The normalized spacial score (nSPS) is 12.0. The van der Waals surface area contributed by atoms with Crippen molar-refractivity contribution in [2.24, 2.45) is 0 Å². The molecule has 0 aliphatic heterocycles.